The number of urea groups is 1. The first-order valence-electron chi connectivity index (χ1n) is 7.21. The zero-order valence-corrected chi connectivity index (χ0v) is 13.5. The van der Waals surface area contributed by atoms with Gasteiger partial charge in [-0.1, -0.05) is 0 Å². The average molecular weight is 294 g/mol. The first kappa shape index (κ1) is 17.3. The van der Waals surface area contributed by atoms with Crippen LogP contribution in [0, 0.1) is 6.92 Å². The van der Waals surface area contributed by atoms with Crippen molar-refractivity contribution in [2.24, 2.45) is 0 Å². The summed E-state index contributed by atoms with van der Waals surface area (Å²) in [6.45, 7) is 9.66. The SMILES string of the molecule is Cc1cc(NC(=O)NC(C)(C)CCO)ccc1OC(C)C. The fourth-order valence-electron chi connectivity index (χ4n) is 1.93. The van der Waals surface area contributed by atoms with Crippen LogP contribution in [0.2, 0.25) is 0 Å². The van der Waals surface area contributed by atoms with Gasteiger partial charge in [0, 0.05) is 17.8 Å². The Balaban J connectivity index is 2.67. The van der Waals surface area contributed by atoms with E-state index in [0.29, 0.717) is 12.1 Å². The Morgan fingerprint density at radius 2 is 2.05 bits per heavy atom. The zero-order chi connectivity index (χ0) is 16.0. The van der Waals surface area contributed by atoms with E-state index in [1.165, 1.54) is 0 Å². The summed E-state index contributed by atoms with van der Waals surface area (Å²) in [6, 6.07) is 5.24. The molecule has 0 radical (unpaired) electrons. The molecule has 0 saturated heterocycles. The number of aliphatic hydroxyl groups is 1. The van der Waals surface area contributed by atoms with Crippen molar-refractivity contribution in [3.8, 4) is 5.75 Å². The van der Waals surface area contributed by atoms with Crippen molar-refractivity contribution in [1.82, 2.24) is 5.32 Å². The van der Waals surface area contributed by atoms with Crippen LogP contribution in [0.15, 0.2) is 18.2 Å². The summed E-state index contributed by atoms with van der Waals surface area (Å²) >= 11 is 0. The lowest BCUT2D eigenvalue weighted by Crippen LogP contribution is -2.46. The number of carbonyl (C=O) groups is 1. The largest absolute Gasteiger partial charge is 0.491 e. The number of carbonyl (C=O) groups excluding carboxylic acids is 1. The van der Waals surface area contributed by atoms with Crippen molar-refractivity contribution in [1.29, 1.82) is 0 Å². The highest BCUT2D eigenvalue weighted by Crippen LogP contribution is 2.23. The maximum absolute atomic E-state index is 11.9. The lowest BCUT2D eigenvalue weighted by Gasteiger charge is -2.25. The second-order valence-electron chi connectivity index (χ2n) is 6.08. The third kappa shape index (κ3) is 6.04. The lowest BCUT2D eigenvalue weighted by molar-refractivity contribution is 0.218. The first-order valence-corrected chi connectivity index (χ1v) is 7.21. The highest BCUT2D eigenvalue weighted by molar-refractivity contribution is 5.89. The third-order valence-electron chi connectivity index (χ3n) is 2.98. The Morgan fingerprint density at radius 1 is 1.38 bits per heavy atom. The van der Waals surface area contributed by atoms with Crippen molar-refractivity contribution < 1.29 is 14.6 Å². The van der Waals surface area contributed by atoms with Crippen molar-refractivity contribution >= 4 is 11.7 Å². The van der Waals surface area contributed by atoms with Crippen LogP contribution in [0.25, 0.3) is 0 Å². The second-order valence-corrected chi connectivity index (χ2v) is 6.08. The number of hydrogen-bond donors (Lipinski definition) is 3. The van der Waals surface area contributed by atoms with Gasteiger partial charge >= 0.3 is 6.03 Å². The van der Waals surface area contributed by atoms with Gasteiger partial charge in [0.05, 0.1) is 6.10 Å². The highest BCUT2D eigenvalue weighted by atomic mass is 16.5. The Bertz CT molecular complexity index is 484. The van der Waals surface area contributed by atoms with E-state index >= 15 is 0 Å². The van der Waals surface area contributed by atoms with Crippen molar-refractivity contribution in [2.75, 3.05) is 11.9 Å². The van der Waals surface area contributed by atoms with Crippen LogP contribution in [-0.2, 0) is 0 Å². The number of benzene rings is 1. The summed E-state index contributed by atoms with van der Waals surface area (Å²) in [5.74, 6) is 0.816. The standard InChI is InChI=1S/C16H26N2O3/c1-11(2)21-14-7-6-13(10-12(14)3)17-15(20)18-16(4,5)8-9-19/h6-7,10-11,19H,8-9H2,1-5H3,(H2,17,18,20). The molecule has 1 aromatic rings. The van der Waals surface area contributed by atoms with Crippen LogP contribution in [0.5, 0.6) is 5.75 Å². The molecular formula is C16H26N2O3. The summed E-state index contributed by atoms with van der Waals surface area (Å²) in [5.41, 5.74) is 1.23. The molecule has 118 valence electrons. The minimum atomic E-state index is -0.450. The molecule has 0 aliphatic heterocycles. The molecule has 1 rings (SSSR count). The minimum Gasteiger partial charge on any atom is -0.491 e. The Labute approximate surface area is 126 Å². The van der Waals surface area contributed by atoms with E-state index in [2.05, 4.69) is 10.6 Å². The third-order valence-corrected chi connectivity index (χ3v) is 2.98. The van der Waals surface area contributed by atoms with E-state index in [9.17, 15) is 4.79 Å². The molecule has 0 heterocycles. The predicted molar refractivity (Wildman–Crippen MR) is 84.9 cm³/mol. The number of hydrogen-bond acceptors (Lipinski definition) is 3. The van der Waals surface area contributed by atoms with E-state index in [-0.39, 0.29) is 18.7 Å². The molecule has 5 heteroatoms. The van der Waals surface area contributed by atoms with Gasteiger partial charge < -0.3 is 20.5 Å². The fraction of sp³-hybridized carbons (Fsp3) is 0.562. The number of ether oxygens (including phenoxy) is 1. The molecule has 0 atom stereocenters. The molecule has 0 saturated carbocycles. The number of rotatable bonds is 6. The summed E-state index contributed by atoms with van der Waals surface area (Å²) in [6.07, 6.45) is 0.616. The van der Waals surface area contributed by atoms with Gasteiger partial charge in [-0.25, -0.2) is 4.79 Å². The molecule has 21 heavy (non-hydrogen) atoms. The van der Waals surface area contributed by atoms with Crippen molar-refractivity contribution in [3.63, 3.8) is 0 Å². The minimum absolute atomic E-state index is 0.0353. The molecule has 0 bridgehead atoms. The average Bonchev–Trinajstić information content (AvgIpc) is 2.31. The fourth-order valence-corrected chi connectivity index (χ4v) is 1.93. The van der Waals surface area contributed by atoms with Gasteiger partial charge in [-0.2, -0.15) is 0 Å². The van der Waals surface area contributed by atoms with E-state index in [4.69, 9.17) is 9.84 Å². The van der Waals surface area contributed by atoms with Gasteiger partial charge in [0.15, 0.2) is 0 Å². The van der Waals surface area contributed by atoms with E-state index < -0.39 is 5.54 Å². The number of amides is 2. The molecule has 0 unspecified atom stereocenters. The number of nitrogens with one attached hydrogen (secondary N) is 2. The van der Waals surface area contributed by atoms with Crippen molar-refractivity contribution in [2.45, 2.75) is 52.7 Å². The second kappa shape index (κ2) is 7.31. The maximum atomic E-state index is 11.9. The molecule has 1 aromatic carbocycles. The maximum Gasteiger partial charge on any atom is 0.319 e. The van der Waals surface area contributed by atoms with E-state index in [1.54, 1.807) is 0 Å². The molecule has 0 aromatic heterocycles. The molecule has 0 spiro atoms. The smallest absolute Gasteiger partial charge is 0.319 e. The highest BCUT2D eigenvalue weighted by Gasteiger charge is 2.19. The van der Waals surface area contributed by atoms with Gasteiger partial charge in [-0.3, -0.25) is 0 Å². The number of aliphatic hydroxyl groups excluding tert-OH is 1. The van der Waals surface area contributed by atoms with Crippen LogP contribution in [-0.4, -0.2) is 29.4 Å². The topological polar surface area (TPSA) is 70.6 Å². The summed E-state index contributed by atoms with van der Waals surface area (Å²) < 4.78 is 5.66. The molecule has 0 aliphatic rings. The Kier molecular flexibility index (Phi) is 6.03. The van der Waals surface area contributed by atoms with Crippen molar-refractivity contribution in [3.05, 3.63) is 23.8 Å². The summed E-state index contributed by atoms with van der Waals surface area (Å²) in [5, 5.41) is 14.6. The number of aryl methyl sites for hydroxylation is 1. The van der Waals surface area contributed by atoms with Gasteiger partial charge in [0.2, 0.25) is 0 Å². The summed E-state index contributed by atoms with van der Waals surface area (Å²) in [7, 11) is 0. The van der Waals surface area contributed by atoms with E-state index in [0.717, 1.165) is 11.3 Å². The van der Waals surface area contributed by atoms with Gasteiger partial charge in [-0.05, 0) is 64.8 Å². The quantitative estimate of drug-likeness (QED) is 0.755. The predicted octanol–water partition coefficient (Wildman–Crippen LogP) is 3.06. The molecule has 2 amide bonds. The Hall–Kier alpha value is -1.75. The van der Waals surface area contributed by atoms with Gasteiger partial charge in [0.25, 0.3) is 0 Å². The number of anilines is 1. The van der Waals surface area contributed by atoms with Gasteiger partial charge in [-0.15, -0.1) is 0 Å². The van der Waals surface area contributed by atoms with Gasteiger partial charge in [0.1, 0.15) is 5.75 Å². The molecule has 0 fully saturated rings. The molecule has 0 aliphatic carbocycles. The zero-order valence-electron chi connectivity index (χ0n) is 13.5. The first-order chi connectivity index (χ1) is 9.73. The van der Waals surface area contributed by atoms with Crippen LogP contribution in [0.1, 0.15) is 39.7 Å². The lowest BCUT2D eigenvalue weighted by atomic mass is 10.0. The van der Waals surface area contributed by atoms with Crippen LogP contribution >= 0.6 is 0 Å². The van der Waals surface area contributed by atoms with Crippen LogP contribution < -0.4 is 15.4 Å². The monoisotopic (exact) mass is 294 g/mol. The van der Waals surface area contributed by atoms with Crippen LogP contribution in [0.4, 0.5) is 10.5 Å². The summed E-state index contributed by atoms with van der Waals surface area (Å²) in [4.78, 5) is 11.9. The van der Waals surface area contributed by atoms with E-state index in [1.807, 2.05) is 52.8 Å². The molecule has 3 N–H and O–H groups in total. The molecular weight excluding hydrogens is 268 g/mol. The Morgan fingerprint density at radius 3 is 2.57 bits per heavy atom. The normalized spacial score (nSPS) is 11.4. The van der Waals surface area contributed by atoms with Crippen LogP contribution in [0.3, 0.4) is 0 Å². The molecule has 5 nitrogen and oxygen atoms in total.